The highest BCUT2D eigenvalue weighted by Gasteiger charge is 2.14. The van der Waals surface area contributed by atoms with Crippen LogP contribution < -0.4 is 0 Å². The summed E-state index contributed by atoms with van der Waals surface area (Å²) in [5.74, 6) is -0.412. The van der Waals surface area contributed by atoms with Crippen molar-refractivity contribution in [2.45, 2.75) is 31.5 Å². The van der Waals surface area contributed by atoms with Crippen LogP contribution in [0.1, 0.15) is 31.0 Å². The third kappa shape index (κ3) is 3.61. The van der Waals surface area contributed by atoms with E-state index in [9.17, 15) is 4.79 Å². The molecular formula is C13H16N2O2S2. The van der Waals surface area contributed by atoms with Gasteiger partial charge in [0.2, 0.25) is 0 Å². The quantitative estimate of drug-likeness (QED) is 0.831. The molecule has 0 aliphatic heterocycles. The maximum atomic E-state index is 10.7. The standard InChI is InChI=1S/C13H16N2O2S2/c1-9(2)11-5-14-13(19-8-12(16)17)15(11)6-10-3-4-18-7-10/h3-5,7,9H,6,8H2,1-2H3,(H,16,17). The van der Waals surface area contributed by atoms with Gasteiger partial charge in [0, 0.05) is 11.9 Å². The zero-order valence-electron chi connectivity index (χ0n) is 10.9. The zero-order valence-corrected chi connectivity index (χ0v) is 12.5. The van der Waals surface area contributed by atoms with Crippen molar-refractivity contribution in [1.29, 1.82) is 0 Å². The van der Waals surface area contributed by atoms with Gasteiger partial charge in [-0.05, 0) is 28.3 Å². The van der Waals surface area contributed by atoms with Crippen LogP contribution in [0.25, 0.3) is 0 Å². The van der Waals surface area contributed by atoms with Gasteiger partial charge in [-0.2, -0.15) is 11.3 Å². The normalized spacial score (nSPS) is 11.1. The molecule has 2 aromatic heterocycles. The largest absolute Gasteiger partial charge is 0.481 e. The fraction of sp³-hybridized carbons (Fsp3) is 0.385. The van der Waals surface area contributed by atoms with Crippen LogP contribution in [0, 0.1) is 0 Å². The smallest absolute Gasteiger partial charge is 0.313 e. The molecule has 0 fully saturated rings. The van der Waals surface area contributed by atoms with Crippen LogP contribution >= 0.6 is 23.1 Å². The monoisotopic (exact) mass is 296 g/mol. The van der Waals surface area contributed by atoms with Crippen molar-refractivity contribution < 1.29 is 9.90 Å². The lowest BCUT2D eigenvalue weighted by Crippen LogP contribution is -2.08. The Morgan fingerprint density at radius 3 is 2.95 bits per heavy atom. The van der Waals surface area contributed by atoms with Gasteiger partial charge in [0.15, 0.2) is 5.16 Å². The third-order valence-electron chi connectivity index (χ3n) is 2.69. The Balaban J connectivity index is 2.25. The van der Waals surface area contributed by atoms with Crippen LogP contribution in [0.5, 0.6) is 0 Å². The molecule has 0 unspecified atom stereocenters. The van der Waals surface area contributed by atoms with Crippen molar-refractivity contribution in [2.24, 2.45) is 0 Å². The fourth-order valence-corrected chi connectivity index (χ4v) is 3.16. The number of rotatable bonds is 6. The molecule has 0 aliphatic carbocycles. The van der Waals surface area contributed by atoms with E-state index in [0.29, 0.717) is 5.92 Å². The van der Waals surface area contributed by atoms with E-state index >= 15 is 0 Å². The highest BCUT2D eigenvalue weighted by Crippen LogP contribution is 2.25. The SMILES string of the molecule is CC(C)c1cnc(SCC(=O)O)n1Cc1ccsc1. The van der Waals surface area contributed by atoms with Gasteiger partial charge in [-0.15, -0.1) is 0 Å². The van der Waals surface area contributed by atoms with Gasteiger partial charge in [-0.1, -0.05) is 25.6 Å². The Kier molecular flexibility index (Phi) is 4.66. The summed E-state index contributed by atoms with van der Waals surface area (Å²) in [6, 6.07) is 2.08. The number of thiophene rings is 1. The van der Waals surface area contributed by atoms with Crippen molar-refractivity contribution in [3.8, 4) is 0 Å². The molecule has 4 nitrogen and oxygen atoms in total. The maximum Gasteiger partial charge on any atom is 0.313 e. The Morgan fingerprint density at radius 1 is 1.58 bits per heavy atom. The van der Waals surface area contributed by atoms with Gasteiger partial charge in [-0.25, -0.2) is 4.98 Å². The third-order valence-corrected chi connectivity index (χ3v) is 4.39. The van der Waals surface area contributed by atoms with Crippen LogP contribution in [0.4, 0.5) is 0 Å². The first-order valence-corrected chi connectivity index (χ1v) is 7.92. The van der Waals surface area contributed by atoms with Crippen molar-refractivity contribution in [3.05, 3.63) is 34.3 Å². The Morgan fingerprint density at radius 2 is 2.37 bits per heavy atom. The molecule has 0 bridgehead atoms. The number of aliphatic carboxylic acids is 1. The van der Waals surface area contributed by atoms with Gasteiger partial charge in [0.25, 0.3) is 0 Å². The summed E-state index contributed by atoms with van der Waals surface area (Å²) in [7, 11) is 0. The molecule has 0 aliphatic rings. The summed E-state index contributed by atoms with van der Waals surface area (Å²) in [5.41, 5.74) is 2.36. The second-order valence-electron chi connectivity index (χ2n) is 4.52. The van der Waals surface area contributed by atoms with Gasteiger partial charge in [-0.3, -0.25) is 4.79 Å². The number of aromatic nitrogens is 2. The van der Waals surface area contributed by atoms with Crippen LogP contribution in [0.2, 0.25) is 0 Å². The minimum Gasteiger partial charge on any atom is -0.481 e. The molecule has 102 valence electrons. The molecule has 2 rings (SSSR count). The average molecular weight is 296 g/mol. The molecule has 1 N–H and O–H groups in total. The van der Waals surface area contributed by atoms with E-state index < -0.39 is 5.97 Å². The molecule has 6 heteroatoms. The number of hydrogen-bond acceptors (Lipinski definition) is 4. The molecule has 0 amide bonds. The molecule has 0 spiro atoms. The van der Waals surface area contributed by atoms with Gasteiger partial charge in [0.05, 0.1) is 12.3 Å². The molecular weight excluding hydrogens is 280 g/mol. The summed E-state index contributed by atoms with van der Waals surface area (Å²) >= 11 is 2.94. The first-order chi connectivity index (χ1) is 9.08. The van der Waals surface area contributed by atoms with E-state index in [1.807, 2.05) is 11.6 Å². The Hall–Kier alpha value is -1.27. The Bertz CT molecular complexity index is 547. The molecule has 19 heavy (non-hydrogen) atoms. The second kappa shape index (κ2) is 6.25. The summed E-state index contributed by atoms with van der Waals surface area (Å²) in [6.07, 6.45) is 1.85. The van der Waals surface area contributed by atoms with E-state index in [-0.39, 0.29) is 5.75 Å². The van der Waals surface area contributed by atoms with Crippen LogP contribution in [0.15, 0.2) is 28.2 Å². The molecule has 2 heterocycles. The number of nitrogens with zero attached hydrogens (tertiary/aromatic N) is 2. The summed E-state index contributed by atoms with van der Waals surface area (Å²) < 4.78 is 2.11. The van der Waals surface area contributed by atoms with Crippen molar-refractivity contribution >= 4 is 29.1 Å². The second-order valence-corrected chi connectivity index (χ2v) is 6.24. The molecule has 0 saturated carbocycles. The van der Waals surface area contributed by atoms with Gasteiger partial charge >= 0.3 is 5.97 Å². The minimum absolute atomic E-state index is 0.0399. The maximum absolute atomic E-state index is 10.7. The molecule has 0 saturated heterocycles. The van der Waals surface area contributed by atoms with Crippen molar-refractivity contribution in [2.75, 3.05) is 5.75 Å². The van der Waals surface area contributed by atoms with E-state index in [2.05, 4.69) is 34.8 Å². The van der Waals surface area contributed by atoms with E-state index in [1.165, 1.54) is 17.3 Å². The molecule has 0 aromatic carbocycles. The Labute approximate surface area is 120 Å². The molecule has 0 radical (unpaired) electrons. The lowest BCUT2D eigenvalue weighted by atomic mass is 10.1. The van der Waals surface area contributed by atoms with E-state index in [1.54, 1.807) is 11.3 Å². The van der Waals surface area contributed by atoms with Crippen LogP contribution in [-0.2, 0) is 11.3 Å². The minimum atomic E-state index is -0.818. The van der Waals surface area contributed by atoms with E-state index in [4.69, 9.17) is 5.11 Å². The zero-order chi connectivity index (χ0) is 13.8. The highest BCUT2D eigenvalue weighted by atomic mass is 32.2. The highest BCUT2D eigenvalue weighted by molar-refractivity contribution is 7.99. The lowest BCUT2D eigenvalue weighted by molar-refractivity contribution is -0.133. The summed E-state index contributed by atoms with van der Waals surface area (Å²) in [4.78, 5) is 15.0. The number of imidazole rings is 1. The van der Waals surface area contributed by atoms with Crippen LogP contribution in [0.3, 0.4) is 0 Å². The number of carboxylic acid groups (broad SMARTS) is 1. The predicted octanol–water partition coefficient (Wildman–Crippen LogP) is 3.29. The van der Waals surface area contributed by atoms with Crippen molar-refractivity contribution in [1.82, 2.24) is 9.55 Å². The first-order valence-electron chi connectivity index (χ1n) is 5.99. The summed E-state index contributed by atoms with van der Waals surface area (Å²) in [6.45, 7) is 4.98. The fourth-order valence-electron chi connectivity index (χ4n) is 1.80. The predicted molar refractivity (Wildman–Crippen MR) is 78.1 cm³/mol. The molecule has 2 aromatic rings. The lowest BCUT2D eigenvalue weighted by Gasteiger charge is -2.12. The number of thioether (sulfide) groups is 1. The van der Waals surface area contributed by atoms with E-state index in [0.717, 1.165) is 17.4 Å². The molecule has 0 atom stereocenters. The van der Waals surface area contributed by atoms with Gasteiger partial charge in [0.1, 0.15) is 0 Å². The topological polar surface area (TPSA) is 55.1 Å². The van der Waals surface area contributed by atoms with Crippen molar-refractivity contribution in [3.63, 3.8) is 0 Å². The first kappa shape index (κ1) is 14.1. The average Bonchev–Trinajstić information content (AvgIpc) is 2.96. The van der Waals surface area contributed by atoms with Crippen LogP contribution in [-0.4, -0.2) is 26.4 Å². The number of carbonyl (C=O) groups is 1. The number of carboxylic acids is 1. The van der Waals surface area contributed by atoms with Gasteiger partial charge < -0.3 is 9.67 Å². The number of hydrogen-bond donors (Lipinski definition) is 1. The summed E-state index contributed by atoms with van der Waals surface area (Å²) in [5, 5.41) is 13.7.